The molecule has 0 saturated heterocycles. The van der Waals surface area contributed by atoms with Gasteiger partial charge in [-0.2, -0.15) is 0 Å². The minimum atomic E-state index is -3.50. The predicted molar refractivity (Wildman–Crippen MR) is 131 cm³/mol. The number of anilines is 1. The molecule has 0 radical (unpaired) electrons. The van der Waals surface area contributed by atoms with E-state index in [0.717, 1.165) is 30.6 Å². The largest absolute Gasteiger partial charge is 0.331 e. The molecule has 6 nitrogen and oxygen atoms in total. The monoisotopic (exact) mass is 483 g/mol. The molecule has 1 atom stereocenters. The van der Waals surface area contributed by atoms with Gasteiger partial charge in [-0.25, -0.2) is 13.2 Å². The average molecular weight is 484 g/mol. The molecule has 1 unspecified atom stereocenters. The number of halogens is 1. The third kappa shape index (κ3) is 5.74. The second-order valence-electron chi connectivity index (χ2n) is 8.15. The number of carbonyl (C=O) groups is 1. The summed E-state index contributed by atoms with van der Waals surface area (Å²) in [6.07, 6.45) is 0.904. The van der Waals surface area contributed by atoms with Crippen molar-refractivity contribution in [3.8, 4) is 0 Å². The van der Waals surface area contributed by atoms with Gasteiger partial charge in [0.1, 0.15) is 0 Å². The molecule has 1 heterocycles. The van der Waals surface area contributed by atoms with Crippen molar-refractivity contribution < 1.29 is 13.2 Å². The van der Waals surface area contributed by atoms with Crippen LogP contribution in [-0.4, -0.2) is 21.0 Å². The zero-order chi connectivity index (χ0) is 23.4. The number of rotatable bonds is 6. The maximum absolute atomic E-state index is 12.9. The van der Waals surface area contributed by atoms with E-state index in [-0.39, 0.29) is 16.7 Å². The van der Waals surface area contributed by atoms with Crippen molar-refractivity contribution in [2.75, 3.05) is 11.9 Å². The Morgan fingerprint density at radius 2 is 1.82 bits per heavy atom. The summed E-state index contributed by atoms with van der Waals surface area (Å²) in [5, 5.41) is 9.46. The molecule has 0 fully saturated rings. The predicted octanol–water partition coefficient (Wildman–Crippen LogP) is 4.84. The first kappa shape index (κ1) is 23.3. The third-order valence-corrected chi connectivity index (χ3v) is 7.75. The molecule has 0 saturated carbocycles. The highest BCUT2D eigenvalue weighted by Crippen LogP contribution is 2.24. The molecule has 3 aromatic carbocycles. The first-order valence-corrected chi connectivity index (χ1v) is 12.8. The van der Waals surface area contributed by atoms with Gasteiger partial charge in [0.2, 0.25) is 0 Å². The van der Waals surface area contributed by atoms with Gasteiger partial charge in [0, 0.05) is 17.3 Å². The Kier molecular flexibility index (Phi) is 7.02. The van der Waals surface area contributed by atoms with E-state index in [4.69, 9.17) is 11.6 Å². The summed E-state index contributed by atoms with van der Waals surface area (Å²) in [7, 11) is -3.50. The molecule has 1 aliphatic rings. The molecular formula is C25H26ClN3O3S. The van der Waals surface area contributed by atoms with E-state index in [0.29, 0.717) is 10.7 Å². The quantitative estimate of drug-likeness (QED) is 0.468. The van der Waals surface area contributed by atoms with E-state index in [1.165, 1.54) is 23.3 Å². The van der Waals surface area contributed by atoms with E-state index in [9.17, 15) is 13.2 Å². The number of fused-ring (bicyclic) bond motifs is 1. The van der Waals surface area contributed by atoms with E-state index < -0.39 is 15.9 Å². The van der Waals surface area contributed by atoms with Gasteiger partial charge in [-0.3, -0.25) is 0 Å². The summed E-state index contributed by atoms with van der Waals surface area (Å²) in [5.74, 6) is -0.0592. The van der Waals surface area contributed by atoms with E-state index >= 15 is 0 Å². The first-order chi connectivity index (χ1) is 15.8. The Morgan fingerprint density at radius 1 is 1.06 bits per heavy atom. The Labute approximate surface area is 199 Å². The number of hydrogen-bond acceptors (Lipinski definition) is 4. The van der Waals surface area contributed by atoms with Crippen molar-refractivity contribution in [2.24, 2.45) is 0 Å². The second-order valence-corrected chi connectivity index (χ2v) is 10.6. The van der Waals surface area contributed by atoms with Crippen molar-refractivity contribution in [2.45, 2.75) is 36.6 Å². The van der Waals surface area contributed by atoms with Crippen LogP contribution in [0.3, 0.4) is 0 Å². The minimum absolute atomic E-state index is 0.0592. The van der Waals surface area contributed by atoms with Crippen LogP contribution >= 0.6 is 11.6 Å². The molecule has 0 bridgehead atoms. The van der Waals surface area contributed by atoms with Crippen molar-refractivity contribution in [3.05, 3.63) is 94.0 Å². The lowest BCUT2D eigenvalue weighted by molar-refractivity contribution is 0.249. The number of amides is 2. The first-order valence-electron chi connectivity index (χ1n) is 10.8. The molecule has 172 valence electrons. The maximum Gasteiger partial charge on any atom is 0.319 e. The Morgan fingerprint density at radius 3 is 2.58 bits per heavy atom. The van der Waals surface area contributed by atoms with Gasteiger partial charge in [-0.15, -0.1) is 0 Å². The highest BCUT2D eigenvalue weighted by molar-refractivity contribution is 7.90. The number of carbonyl (C=O) groups excluding carboxylic acids is 1. The Balaban J connectivity index is 1.39. The fraction of sp³-hybridized carbons (Fsp3) is 0.240. The maximum atomic E-state index is 12.9. The third-order valence-electron chi connectivity index (χ3n) is 5.70. The van der Waals surface area contributed by atoms with Gasteiger partial charge in [0.25, 0.3) is 0 Å². The van der Waals surface area contributed by atoms with Crippen molar-refractivity contribution in [3.63, 3.8) is 0 Å². The summed E-state index contributed by atoms with van der Waals surface area (Å²) in [6, 6.07) is 18.7. The van der Waals surface area contributed by atoms with Crippen LogP contribution in [0.25, 0.3) is 0 Å². The van der Waals surface area contributed by atoms with E-state index in [1.807, 2.05) is 43.3 Å². The average Bonchev–Trinajstić information content (AvgIpc) is 2.79. The van der Waals surface area contributed by atoms with Crippen molar-refractivity contribution in [1.82, 2.24) is 10.6 Å². The number of benzene rings is 3. The van der Waals surface area contributed by atoms with E-state index in [1.54, 1.807) is 18.2 Å². The number of sulfone groups is 1. The van der Waals surface area contributed by atoms with Gasteiger partial charge in [0.15, 0.2) is 9.84 Å². The zero-order valence-corrected chi connectivity index (χ0v) is 19.8. The molecule has 0 spiro atoms. The van der Waals surface area contributed by atoms with Crippen LogP contribution in [0, 0.1) is 0 Å². The number of nitrogens with one attached hydrogen (secondary N) is 3. The summed E-state index contributed by atoms with van der Waals surface area (Å²) >= 11 is 6.18. The van der Waals surface area contributed by atoms with E-state index in [2.05, 4.69) is 16.0 Å². The van der Waals surface area contributed by atoms with Gasteiger partial charge in [-0.05, 0) is 72.5 Å². The van der Waals surface area contributed by atoms with Gasteiger partial charge < -0.3 is 16.0 Å². The lowest BCUT2D eigenvalue weighted by Gasteiger charge is -2.18. The standard InChI is InChI=1S/C25H26ClN3O3S/c1-17(23-4-2-3-5-24(23)26)28-25(30)29-21-8-10-22(11-9-21)33(31,32)16-18-6-7-20-15-27-13-12-19(20)14-18/h2-11,14,17,27H,12-13,15-16H2,1H3,(H2,28,29,30). The summed E-state index contributed by atoms with van der Waals surface area (Å²) in [5.41, 5.74) is 4.53. The van der Waals surface area contributed by atoms with Crippen molar-refractivity contribution in [1.29, 1.82) is 0 Å². The molecule has 2 amide bonds. The fourth-order valence-corrected chi connectivity index (χ4v) is 5.57. The van der Waals surface area contributed by atoms with Gasteiger partial charge in [-0.1, -0.05) is 48.0 Å². The fourth-order valence-electron chi connectivity index (χ4n) is 3.94. The molecule has 0 aromatic heterocycles. The van der Waals surface area contributed by atoms with Crippen molar-refractivity contribution >= 4 is 33.2 Å². The van der Waals surface area contributed by atoms with Crippen LogP contribution in [-0.2, 0) is 28.6 Å². The lowest BCUT2D eigenvalue weighted by atomic mass is 9.99. The molecule has 8 heteroatoms. The van der Waals surface area contributed by atoms with Gasteiger partial charge >= 0.3 is 6.03 Å². The Bertz CT molecular complexity index is 1260. The molecular weight excluding hydrogens is 458 g/mol. The summed E-state index contributed by atoms with van der Waals surface area (Å²) in [4.78, 5) is 12.6. The van der Waals surface area contributed by atoms with Crippen LogP contribution in [0.5, 0.6) is 0 Å². The van der Waals surface area contributed by atoms with Crippen LogP contribution in [0.2, 0.25) is 5.02 Å². The van der Waals surface area contributed by atoms with Crippen LogP contribution in [0.4, 0.5) is 10.5 Å². The normalized spacial score (nSPS) is 14.2. The highest BCUT2D eigenvalue weighted by atomic mass is 35.5. The summed E-state index contributed by atoms with van der Waals surface area (Å²) < 4.78 is 25.8. The molecule has 0 aliphatic carbocycles. The Hall–Kier alpha value is -2.87. The topological polar surface area (TPSA) is 87.3 Å². The minimum Gasteiger partial charge on any atom is -0.331 e. The number of urea groups is 1. The van der Waals surface area contributed by atoms with Gasteiger partial charge in [0.05, 0.1) is 16.7 Å². The van der Waals surface area contributed by atoms with Crippen LogP contribution in [0.1, 0.15) is 35.2 Å². The SMILES string of the molecule is CC(NC(=O)Nc1ccc(S(=O)(=O)Cc2ccc3c(c2)CCNC3)cc1)c1ccccc1Cl. The van der Waals surface area contributed by atoms with Crippen LogP contribution < -0.4 is 16.0 Å². The molecule has 3 N–H and O–H groups in total. The number of hydrogen-bond donors (Lipinski definition) is 3. The van der Waals surface area contributed by atoms with Crippen LogP contribution in [0.15, 0.2) is 71.6 Å². The zero-order valence-electron chi connectivity index (χ0n) is 18.3. The summed E-state index contributed by atoms with van der Waals surface area (Å²) in [6.45, 7) is 3.57. The highest BCUT2D eigenvalue weighted by Gasteiger charge is 2.18. The second kappa shape index (κ2) is 9.95. The molecule has 4 rings (SSSR count). The molecule has 1 aliphatic heterocycles. The molecule has 3 aromatic rings. The smallest absolute Gasteiger partial charge is 0.319 e. The lowest BCUT2D eigenvalue weighted by Crippen LogP contribution is -2.31. The molecule has 33 heavy (non-hydrogen) atoms.